The lowest BCUT2D eigenvalue weighted by atomic mass is 9.81. The first-order valence-electron chi connectivity index (χ1n) is 24.9. The maximum atomic E-state index is 14.7. The molecule has 0 unspecified atom stereocenters. The fraction of sp³-hybridized carbons (Fsp3) is 0.500. The molecule has 71 heavy (non-hydrogen) atoms. The Morgan fingerprint density at radius 2 is 1.55 bits per heavy atom. The van der Waals surface area contributed by atoms with Gasteiger partial charge in [0.2, 0.25) is 29.5 Å². The second-order valence-corrected chi connectivity index (χ2v) is 19.1. The van der Waals surface area contributed by atoms with Gasteiger partial charge in [0.25, 0.3) is 0 Å². The molecule has 2 aromatic carbocycles. The second kappa shape index (κ2) is 26.7. The number of nitrogens with zero attached hydrogens (tertiary/aromatic N) is 2. The zero-order chi connectivity index (χ0) is 50.7. The van der Waals surface area contributed by atoms with E-state index in [9.17, 15) is 38.4 Å². The van der Waals surface area contributed by atoms with Crippen molar-refractivity contribution < 1.29 is 38.4 Å². The number of primary amides is 1. The largest absolute Gasteiger partial charge is 0.370 e. The number of guanidine groups is 1. The summed E-state index contributed by atoms with van der Waals surface area (Å²) in [5, 5.41) is 12.2. The number of H-pyrrole nitrogens is 2. The molecule has 2 aliphatic rings. The number of hydrogen-bond donors (Lipinski definition) is 9. The van der Waals surface area contributed by atoms with Gasteiger partial charge in [-0.2, -0.15) is 0 Å². The van der Waals surface area contributed by atoms with Gasteiger partial charge in [-0.15, -0.1) is 0 Å². The van der Waals surface area contributed by atoms with Crippen molar-refractivity contribution in [2.45, 2.75) is 127 Å². The highest BCUT2D eigenvalue weighted by molar-refractivity contribution is 5.98. The van der Waals surface area contributed by atoms with Crippen molar-refractivity contribution in [1.82, 2.24) is 36.2 Å². The molecule has 0 spiro atoms. The SMILES string of the molecule is NC(=O)[C@@H](CC(=O)[C@@H]1CCNC(=O)CC[C@H](NC(=O)CC2CCCCC2)C(=O)N[C@@H](Cc2cnc[nH]2)C(=O)N[C@H](Cc2ccccc2)C(=O)C[C@@H](CCCN=C(N)N)C(=O)C1)Cc1c[nH]c2ccccc12. The molecule has 2 aromatic heterocycles. The molecule has 1 aliphatic carbocycles. The molecule has 1 aliphatic heterocycles. The van der Waals surface area contributed by atoms with Crippen LogP contribution in [0.3, 0.4) is 0 Å². The highest BCUT2D eigenvalue weighted by Gasteiger charge is 2.35. The van der Waals surface area contributed by atoms with Gasteiger partial charge < -0.3 is 48.4 Å². The number of ketones is 3. The van der Waals surface area contributed by atoms with Crippen LogP contribution < -0.4 is 38.5 Å². The first-order chi connectivity index (χ1) is 34.2. The summed E-state index contributed by atoms with van der Waals surface area (Å²) in [7, 11) is 0. The van der Waals surface area contributed by atoms with Crippen molar-refractivity contribution in [3.8, 4) is 0 Å². The Labute approximate surface area is 413 Å². The number of hydrogen-bond acceptors (Lipinski definition) is 10. The van der Waals surface area contributed by atoms with Crippen molar-refractivity contribution in [2.75, 3.05) is 13.1 Å². The van der Waals surface area contributed by atoms with Gasteiger partial charge in [0.1, 0.15) is 23.7 Å². The van der Waals surface area contributed by atoms with Gasteiger partial charge in [0, 0.05) is 98.4 Å². The van der Waals surface area contributed by atoms with Crippen LogP contribution in [0.1, 0.15) is 107 Å². The average molecular weight is 976 g/mol. The molecule has 12 N–H and O–H groups in total. The van der Waals surface area contributed by atoms with E-state index in [-0.39, 0.29) is 102 Å². The minimum atomic E-state index is -1.27. The van der Waals surface area contributed by atoms with Crippen LogP contribution in [0.2, 0.25) is 0 Å². The number of benzene rings is 2. The fourth-order valence-electron chi connectivity index (χ4n) is 9.73. The summed E-state index contributed by atoms with van der Waals surface area (Å²) < 4.78 is 0. The third-order valence-electron chi connectivity index (χ3n) is 13.7. The van der Waals surface area contributed by atoms with Gasteiger partial charge in [-0.25, -0.2) is 4.98 Å². The lowest BCUT2D eigenvalue weighted by Crippen LogP contribution is -2.57. The molecule has 6 rings (SSSR count). The van der Waals surface area contributed by atoms with Crippen LogP contribution in [0.4, 0.5) is 0 Å². The number of carbonyl (C=O) groups excluding carboxylic acids is 8. The number of imidazole rings is 1. The van der Waals surface area contributed by atoms with E-state index in [1.165, 1.54) is 12.5 Å². The normalized spacial score (nSPS) is 21.9. The number of para-hydroxylation sites is 1. The number of aromatic nitrogens is 3. The Hall–Kier alpha value is -7.18. The molecule has 5 amide bonds. The number of carbonyl (C=O) groups is 8. The van der Waals surface area contributed by atoms with Gasteiger partial charge in [-0.05, 0) is 74.5 Å². The van der Waals surface area contributed by atoms with E-state index in [0.29, 0.717) is 12.1 Å². The van der Waals surface area contributed by atoms with Crippen LogP contribution in [-0.2, 0) is 57.6 Å². The van der Waals surface area contributed by atoms with E-state index in [2.05, 4.69) is 41.2 Å². The summed E-state index contributed by atoms with van der Waals surface area (Å²) in [5.74, 6) is -7.07. The Morgan fingerprint density at radius 1 is 0.803 bits per heavy atom. The van der Waals surface area contributed by atoms with Crippen molar-refractivity contribution >= 4 is 63.7 Å². The smallest absolute Gasteiger partial charge is 0.243 e. The van der Waals surface area contributed by atoms with Gasteiger partial charge in [0.05, 0.1) is 12.4 Å². The number of aromatic amines is 2. The average Bonchev–Trinajstić information content (AvgIpc) is 4.03. The molecule has 19 nitrogen and oxygen atoms in total. The van der Waals surface area contributed by atoms with Crippen LogP contribution in [-0.4, -0.2) is 99.0 Å². The number of fused-ring (bicyclic) bond motifs is 1. The number of amides is 5. The second-order valence-electron chi connectivity index (χ2n) is 19.1. The summed E-state index contributed by atoms with van der Waals surface area (Å²) in [4.78, 5) is 127. The molecule has 3 heterocycles. The first kappa shape index (κ1) is 53.2. The molecular weight excluding hydrogens is 907 g/mol. The van der Waals surface area contributed by atoms with Gasteiger partial charge in [-0.3, -0.25) is 43.3 Å². The third kappa shape index (κ3) is 16.7. The maximum Gasteiger partial charge on any atom is 0.243 e. The van der Waals surface area contributed by atoms with Gasteiger partial charge in [0.15, 0.2) is 11.7 Å². The zero-order valence-electron chi connectivity index (χ0n) is 40.3. The number of aliphatic imine (C=N–C) groups is 1. The van der Waals surface area contributed by atoms with Crippen LogP contribution in [0.25, 0.3) is 10.9 Å². The quantitative estimate of drug-likeness (QED) is 0.0421. The minimum Gasteiger partial charge on any atom is -0.370 e. The highest BCUT2D eigenvalue weighted by Crippen LogP contribution is 2.28. The van der Waals surface area contributed by atoms with Gasteiger partial charge in [-0.1, -0.05) is 67.8 Å². The van der Waals surface area contributed by atoms with E-state index in [1.807, 2.05) is 30.3 Å². The molecule has 19 heteroatoms. The topological polar surface area (TPSA) is 320 Å². The molecular formula is C52H69N11O8. The minimum absolute atomic E-state index is 0.00750. The van der Waals surface area contributed by atoms with E-state index >= 15 is 0 Å². The third-order valence-corrected chi connectivity index (χ3v) is 13.7. The highest BCUT2D eigenvalue weighted by atomic mass is 16.2. The van der Waals surface area contributed by atoms with Crippen molar-refractivity contribution in [3.05, 3.63) is 90.1 Å². The van der Waals surface area contributed by atoms with E-state index < -0.39 is 76.9 Å². The summed E-state index contributed by atoms with van der Waals surface area (Å²) in [6.07, 6.45) is 9.16. The van der Waals surface area contributed by atoms with Crippen LogP contribution >= 0.6 is 0 Å². The summed E-state index contributed by atoms with van der Waals surface area (Å²) in [5.41, 5.74) is 20.0. The summed E-state index contributed by atoms with van der Waals surface area (Å²) in [6.45, 7) is 0.110. The molecule has 1 saturated heterocycles. The number of nitrogens with two attached hydrogens (primary N) is 3. The predicted molar refractivity (Wildman–Crippen MR) is 267 cm³/mol. The molecule has 0 bridgehead atoms. The van der Waals surface area contributed by atoms with E-state index in [0.717, 1.165) is 54.1 Å². The number of Topliss-reactive ketones (excluding diaryl/α,β-unsaturated/α-hetero) is 3. The lowest BCUT2D eigenvalue weighted by molar-refractivity contribution is -0.135. The Kier molecular flexibility index (Phi) is 20.0. The summed E-state index contributed by atoms with van der Waals surface area (Å²) in [6, 6.07) is 12.9. The Balaban J connectivity index is 1.32. The molecule has 1 saturated carbocycles. The monoisotopic (exact) mass is 976 g/mol. The van der Waals surface area contributed by atoms with E-state index in [1.54, 1.807) is 30.5 Å². The van der Waals surface area contributed by atoms with Crippen LogP contribution in [0.5, 0.6) is 0 Å². The predicted octanol–water partition coefficient (Wildman–Crippen LogP) is 2.91. The number of nitrogens with one attached hydrogen (secondary N) is 6. The first-order valence-corrected chi connectivity index (χ1v) is 24.9. The Bertz CT molecular complexity index is 2480. The lowest BCUT2D eigenvalue weighted by Gasteiger charge is -2.27. The molecule has 2 fully saturated rings. The van der Waals surface area contributed by atoms with Gasteiger partial charge >= 0.3 is 0 Å². The molecule has 6 atom stereocenters. The van der Waals surface area contributed by atoms with Crippen molar-refractivity contribution in [2.24, 2.45) is 45.9 Å². The maximum absolute atomic E-state index is 14.7. The van der Waals surface area contributed by atoms with Crippen LogP contribution in [0.15, 0.2) is 78.3 Å². The molecule has 0 radical (unpaired) electrons. The fourth-order valence-corrected chi connectivity index (χ4v) is 9.73. The summed E-state index contributed by atoms with van der Waals surface area (Å²) >= 11 is 0. The molecule has 4 aromatic rings. The van der Waals surface area contributed by atoms with Crippen molar-refractivity contribution in [3.63, 3.8) is 0 Å². The van der Waals surface area contributed by atoms with Crippen LogP contribution in [0, 0.1) is 23.7 Å². The number of rotatable bonds is 17. The van der Waals surface area contributed by atoms with E-state index in [4.69, 9.17) is 17.2 Å². The zero-order valence-corrected chi connectivity index (χ0v) is 40.3. The standard InChI is InChI=1S/C52H69N11O8/c53-49(69)36(24-37-29-59-40-16-8-7-15-39(37)40)27-45(65)35-19-21-57-47(67)18-17-41(61-48(68)23-33-12-5-2-6-13-33)50(70)63-43(28-38-30-56-31-60-38)51(71)62-42(22-32-10-3-1-4-11-32)46(66)26-34(44(64)25-35)14-9-20-58-52(54)55/h1,3-4,7-8,10-11,15-16,29-31,33-36,41-43,59H,2,5-6,9,12-14,17-28H2,(H2,53,69)(H,56,60)(H,57,67)(H,61,68)(H,62,71)(H,63,70)(H4,54,55,58)/t34-,35-,36-,41+,42-,43+/m1/s1. The molecule has 380 valence electrons. The van der Waals surface area contributed by atoms with Crippen molar-refractivity contribution in [1.29, 1.82) is 0 Å². The Morgan fingerprint density at radius 3 is 2.28 bits per heavy atom.